The molecule has 3 rings (SSSR count). The van der Waals surface area contributed by atoms with Gasteiger partial charge >= 0.3 is 5.97 Å². The molecule has 6 nitrogen and oxygen atoms in total. The molecule has 0 saturated heterocycles. The summed E-state index contributed by atoms with van der Waals surface area (Å²) in [6.07, 6.45) is 3.97. The van der Waals surface area contributed by atoms with Crippen molar-refractivity contribution in [1.82, 2.24) is 14.8 Å². The summed E-state index contributed by atoms with van der Waals surface area (Å²) in [5.41, 5.74) is -0.906. The van der Waals surface area contributed by atoms with Crippen LogP contribution in [0.1, 0.15) is 6.92 Å². The van der Waals surface area contributed by atoms with Crippen LogP contribution in [0.4, 0.5) is 13.2 Å². The molecular weight excluding hydrogens is 487 g/mol. The third-order valence-electron chi connectivity index (χ3n) is 3.82. The lowest BCUT2D eigenvalue weighted by Crippen LogP contribution is -2.26. The minimum Gasteiger partial charge on any atom is -0.463 e. The lowest BCUT2D eigenvalue weighted by Gasteiger charge is -2.13. The number of ether oxygens (including phenoxy) is 2. The smallest absolute Gasteiger partial charge is 0.358 e. The highest BCUT2D eigenvalue weighted by atomic mass is 79.9. The number of nitrogens with zero attached hydrogens (tertiary/aromatic N) is 3. The van der Waals surface area contributed by atoms with Crippen molar-refractivity contribution in [2.24, 2.45) is 0 Å². The van der Waals surface area contributed by atoms with Crippen molar-refractivity contribution >= 4 is 33.7 Å². The van der Waals surface area contributed by atoms with Crippen molar-refractivity contribution < 1.29 is 27.4 Å². The van der Waals surface area contributed by atoms with Crippen LogP contribution in [-0.2, 0) is 9.53 Å². The fourth-order valence-corrected chi connectivity index (χ4v) is 3.59. The van der Waals surface area contributed by atoms with Gasteiger partial charge in [0.1, 0.15) is 27.6 Å². The van der Waals surface area contributed by atoms with E-state index < -0.39 is 28.9 Å². The minimum atomic E-state index is -1.06. The summed E-state index contributed by atoms with van der Waals surface area (Å²) in [5.74, 6) is -2.82. The van der Waals surface area contributed by atoms with Crippen LogP contribution in [0.15, 0.2) is 41.1 Å². The minimum absolute atomic E-state index is 0.0923. The lowest BCUT2D eigenvalue weighted by atomic mass is 10.2. The predicted octanol–water partition coefficient (Wildman–Crippen LogP) is 4.75. The van der Waals surface area contributed by atoms with Gasteiger partial charge in [-0.2, -0.15) is 0 Å². The van der Waals surface area contributed by atoms with Gasteiger partial charge in [0, 0.05) is 17.8 Å². The zero-order valence-electron chi connectivity index (χ0n) is 15.7. The predicted molar refractivity (Wildman–Crippen MR) is 109 cm³/mol. The average molecular weight is 502 g/mol. The molecule has 1 unspecified atom stereocenters. The molecule has 0 fully saturated rings. The third-order valence-corrected chi connectivity index (χ3v) is 5.26. The third kappa shape index (κ3) is 4.62. The van der Waals surface area contributed by atoms with Crippen molar-refractivity contribution in [3.05, 3.63) is 58.6 Å². The second-order valence-electron chi connectivity index (χ2n) is 5.80. The molecule has 2 heterocycles. The van der Waals surface area contributed by atoms with Crippen LogP contribution in [-0.4, -0.2) is 39.0 Å². The molecular formula is C19H15BrF3N3O3S. The van der Waals surface area contributed by atoms with Crippen molar-refractivity contribution in [2.75, 3.05) is 12.9 Å². The van der Waals surface area contributed by atoms with Crippen LogP contribution >= 0.6 is 27.7 Å². The van der Waals surface area contributed by atoms with Gasteiger partial charge in [-0.3, -0.25) is 4.98 Å². The summed E-state index contributed by atoms with van der Waals surface area (Å²) in [4.78, 5) is 15.9. The first-order chi connectivity index (χ1) is 14.3. The van der Waals surface area contributed by atoms with E-state index in [9.17, 15) is 18.0 Å². The Morgan fingerprint density at radius 2 is 2.00 bits per heavy atom. The summed E-state index contributed by atoms with van der Waals surface area (Å²) < 4.78 is 53.9. The van der Waals surface area contributed by atoms with E-state index in [1.807, 2.05) is 0 Å². The molecule has 3 aromatic rings. The molecule has 30 heavy (non-hydrogen) atoms. The molecule has 0 aliphatic rings. The van der Waals surface area contributed by atoms with Crippen LogP contribution in [0.5, 0.6) is 5.88 Å². The molecule has 0 saturated carbocycles. The maximum absolute atomic E-state index is 14.5. The highest BCUT2D eigenvalue weighted by Gasteiger charge is 2.27. The summed E-state index contributed by atoms with van der Waals surface area (Å²) in [6, 6.07) is 4.00. The van der Waals surface area contributed by atoms with Crippen LogP contribution in [0.2, 0.25) is 0 Å². The average Bonchev–Trinajstić information content (AvgIpc) is 3.04. The van der Waals surface area contributed by atoms with Gasteiger partial charge < -0.3 is 9.47 Å². The number of carbonyl (C=O) groups is 1. The number of esters is 1. The number of benzene rings is 1. The number of carbonyl (C=O) groups excluding carboxylic acids is 1. The summed E-state index contributed by atoms with van der Waals surface area (Å²) in [7, 11) is 0. The Morgan fingerprint density at radius 3 is 2.67 bits per heavy atom. The molecule has 0 aliphatic carbocycles. The molecule has 11 heteroatoms. The lowest BCUT2D eigenvalue weighted by molar-refractivity contribution is -0.147. The molecule has 2 aromatic heterocycles. The van der Waals surface area contributed by atoms with E-state index in [4.69, 9.17) is 9.47 Å². The van der Waals surface area contributed by atoms with E-state index in [-0.39, 0.29) is 33.9 Å². The van der Waals surface area contributed by atoms with E-state index in [1.165, 1.54) is 6.20 Å². The van der Waals surface area contributed by atoms with Crippen molar-refractivity contribution in [1.29, 1.82) is 0 Å². The van der Waals surface area contributed by atoms with Gasteiger partial charge in [-0.25, -0.2) is 22.6 Å². The monoisotopic (exact) mass is 501 g/mol. The fourth-order valence-electron chi connectivity index (χ4n) is 2.57. The summed E-state index contributed by atoms with van der Waals surface area (Å²) in [5, 5.41) is 4.19. The maximum atomic E-state index is 14.5. The Labute approximate surface area is 182 Å². The zero-order valence-corrected chi connectivity index (χ0v) is 18.1. The van der Waals surface area contributed by atoms with Gasteiger partial charge in [0.25, 0.3) is 0 Å². The Kier molecular flexibility index (Phi) is 7.03. The number of halogens is 4. The van der Waals surface area contributed by atoms with E-state index in [0.717, 1.165) is 46.9 Å². The first kappa shape index (κ1) is 22.2. The highest BCUT2D eigenvalue weighted by Crippen LogP contribution is 2.39. The van der Waals surface area contributed by atoms with Crippen molar-refractivity contribution in [3.63, 3.8) is 0 Å². The molecule has 1 aromatic carbocycles. The zero-order chi connectivity index (χ0) is 21.8. The van der Waals surface area contributed by atoms with Gasteiger partial charge in [0.05, 0.1) is 18.5 Å². The van der Waals surface area contributed by atoms with Crippen LogP contribution in [0, 0.1) is 17.5 Å². The molecule has 0 N–H and O–H groups in total. The quantitative estimate of drug-likeness (QED) is 0.344. The molecule has 0 aliphatic heterocycles. The molecule has 158 valence electrons. The largest absolute Gasteiger partial charge is 0.463 e. The molecule has 1 atom stereocenters. The van der Waals surface area contributed by atoms with Crippen LogP contribution in [0.3, 0.4) is 0 Å². The Hall–Kier alpha value is -2.53. The summed E-state index contributed by atoms with van der Waals surface area (Å²) >= 11 is 4.38. The van der Waals surface area contributed by atoms with Gasteiger partial charge in [-0.05, 0) is 47.3 Å². The molecule has 0 radical (unpaired) electrons. The van der Waals surface area contributed by atoms with Gasteiger partial charge in [0.2, 0.25) is 11.3 Å². The second-order valence-corrected chi connectivity index (χ2v) is 7.50. The summed E-state index contributed by atoms with van der Waals surface area (Å²) in [6.45, 7) is 1.81. The normalized spacial score (nSPS) is 11.9. The van der Waals surface area contributed by atoms with E-state index in [1.54, 1.807) is 13.2 Å². The number of rotatable bonds is 7. The number of thioether (sulfide) groups is 1. The fraction of sp³-hybridized carbons (Fsp3) is 0.211. The van der Waals surface area contributed by atoms with Crippen molar-refractivity contribution in [3.8, 4) is 22.8 Å². The SMILES string of the molecule is CCOC(=O)C(Oc1nn(-c2cc(F)ccc2F)c(-c2cncc(F)c2)c1Br)SC. The topological polar surface area (TPSA) is 66.2 Å². The Morgan fingerprint density at radius 1 is 1.23 bits per heavy atom. The first-order valence-corrected chi connectivity index (χ1v) is 10.6. The second kappa shape index (κ2) is 9.52. The van der Waals surface area contributed by atoms with E-state index >= 15 is 0 Å². The first-order valence-electron chi connectivity index (χ1n) is 8.56. The maximum Gasteiger partial charge on any atom is 0.358 e. The highest BCUT2D eigenvalue weighted by molar-refractivity contribution is 9.10. The number of pyridine rings is 1. The number of hydrogen-bond donors (Lipinski definition) is 0. The number of hydrogen-bond acceptors (Lipinski definition) is 6. The Bertz CT molecular complexity index is 1080. The van der Waals surface area contributed by atoms with Gasteiger partial charge in [-0.1, -0.05) is 0 Å². The molecule has 0 amide bonds. The molecule has 0 bridgehead atoms. The van der Waals surface area contributed by atoms with Crippen molar-refractivity contribution in [2.45, 2.75) is 12.4 Å². The van der Waals surface area contributed by atoms with E-state index in [0.29, 0.717) is 0 Å². The number of aromatic nitrogens is 3. The van der Waals surface area contributed by atoms with Crippen LogP contribution in [0.25, 0.3) is 16.9 Å². The van der Waals surface area contributed by atoms with Crippen LogP contribution < -0.4 is 4.74 Å². The molecule has 0 spiro atoms. The van der Waals surface area contributed by atoms with Gasteiger partial charge in [-0.15, -0.1) is 16.9 Å². The standard InChI is InChI=1S/C19H15BrF3N3O3S/c1-3-28-18(27)19(30-2)29-17-15(20)16(10-6-12(22)9-24-8-10)26(25-17)14-7-11(21)4-5-13(14)23/h4-9,19H,3H2,1-2H3. The van der Waals surface area contributed by atoms with Gasteiger partial charge in [0.15, 0.2) is 0 Å². The van der Waals surface area contributed by atoms with E-state index in [2.05, 4.69) is 26.0 Å². The Balaban J connectivity index is 2.17.